The highest BCUT2D eigenvalue weighted by atomic mass is 35.5. The van der Waals surface area contributed by atoms with Crippen molar-refractivity contribution >= 4 is 17.5 Å². The van der Waals surface area contributed by atoms with Crippen LogP contribution in [0, 0.1) is 0 Å². The molecule has 0 radical (unpaired) electrons. The molecule has 4 rings (SSSR count). The molecule has 3 aromatic rings. The van der Waals surface area contributed by atoms with Crippen molar-refractivity contribution in [2.75, 3.05) is 6.54 Å². The Hall–Kier alpha value is -2.73. The molecule has 132 valence electrons. The molecule has 2 aromatic heterocycles. The van der Waals surface area contributed by atoms with Crippen LogP contribution in [-0.2, 0) is 6.42 Å². The topological polar surface area (TPSA) is 72.1 Å². The van der Waals surface area contributed by atoms with Gasteiger partial charge in [-0.3, -0.25) is 4.79 Å². The van der Waals surface area contributed by atoms with Gasteiger partial charge in [-0.1, -0.05) is 29.8 Å². The summed E-state index contributed by atoms with van der Waals surface area (Å²) in [7, 11) is 0. The Morgan fingerprint density at radius 3 is 2.96 bits per heavy atom. The zero-order valence-electron chi connectivity index (χ0n) is 14.0. The first kappa shape index (κ1) is 16.7. The second-order valence-electron chi connectivity index (χ2n) is 6.20. The van der Waals surface area contributed by atoms with E-state index in [9.17, 15) is 4.79 Å². The van der Waals surface area contributed by atoms with E-state index in [1.165, 1.54) is 0 Å². The van der Waals surface area contributed by atoms with Gasteiger partial charge in [0.2, 0.25) is 5.89 Å². The third-order valence-electron chi connectivity index (χ3n) is 4.48. The number of likely N-dealkylation sites (tertiary alicyclic amines) is 1. The van der Waals surface area contributed by atoms with Gasteiger partial charge in [0.25, 0.3) is 5.91 Å². The summed E-state index contributed by atoms with van der Waals surface area (Å²) in [6.07, 6.45) is 5.55. The number of rotatable bonds is 4. The largest absolute Gasteiger partial charge is 0.443 e. The molecule has 1 amide bonds. The lowest BCUT2D eigenvalue weighted by Gasteiger charge is -2.21. The first-order valence-electron chi connectivity index (χ1n) is 8.49. The number of hydrogen-bond acceptors (Lipinski definition) is 5. The molecule has 6 nitrogen and oxygen atoms in total. The van der Waals surface area contributed by atoms with Crippen molar-refractivity contribution < 1.29 is 9.21 Å². The Morgan fingerprint density at radius 2 is 2.15 bits per heavy atom. The fourth-order valence-electron chi connectivity index (χ4n) is 3.22. The van der Waals surface area contributed by atoms with Crippen LogP contribution in [0.5, 0.6) is 0 Å². The van der Waals surface area contributed by atoms with Crippen molar-refractivity contribution in [2.24, 2.45) is 0 Å². The van der Waals surface area contributed by atoms with Crippen LogP contribution in [0.25, 0.3) is 0 Å². The number of hydrogen-bond donors (Lipinski definition) is 0. The second-order valence-corrected chi connectivity index (χ2v) is 6.61. The van der Waals surface area contributed by atoms with E-state index in [0.29, 0.717) is 29.6 Å². The smallest absolute Gasteiger partial charge is 0.275 e. The van der Waals surface area contributed by atoms with Gasteiger partial charge in [0.1, 0.15) is 11.8 Å². The Bertz CT molecular complexity index is 913. The molecule has 1 atom stereocenters. The minimum Gasteiger partial charge on any atom is -0.443 e. The lowest BCUT2D eigenvalue weighted by molar-refractivity contribution is 0.0707. The number of amides is 1. The third kappa shape index (κ3) is 3.32. The Morgan fingerprint density at radius 1 is 1.27 bits per heavy atom. The molecule has 0 saturated carbocycles. The molecule has 1 fully saturated rings. The first-order chi connectivity index (χ1) is 12.7. The molecule has 1 aromatic carbocycles. The Balaban J connectivity index is 1.53. The van der Waals surface area contributed by atoms with Crippen molar-refractivity contribution in [1.82, 2.24) is 20.1 Å². The predicted molar refractivity (Wildman–Crippen MR) is 95.8 cm³/mol. The highest BCUT2D eigenvalue weighted by Gasteiger charge is 2.34. The van der Waals surface area contributed by atoms with E-state index >= 15 is 0 Å². The normalized spacial score (nSPS) is 16.8. The molecule has 26 heavy (non-hydrogen) atoms. The number of oxazole rings is 1. The van der Waals surface area contributed by atoms with Crippen LogP contribution in [0.3, 0.4) is 0 Å². The summed E-state index contributed by atoms with van der Waals surface area (Å²) in [6, 6.07) is 10.9. The maximum Gasteiger partial charge on any atom is 0.275 e. The fraction of sp³-hybridized carbons (Fsp3) is 0.263. The van der Waals surface area contributed by atoms with Crippen molar-refractivity contribution in [1.29, 1.82) is 0 Å². The number of aromatic nitrogens is 3. The van der Waals surface area contributed by atoms with Gasteiger partial charge in [-0.15, -0.1) is 5.10 Å². The number of nitrogens with zero attached hydrogens (tertiary/aromatic N) is 4. The molecule has 7 heteroatoms. The van der Waals surface area contributed by atoms with Gasteiger partial charge in [-0.2, -0.15) is 5.10 Å². The number of carbonyl (C=O) groups excluding carboxylic acids is 1. The Labute approximate surface area is 155 Å². The van der Waals surface area contributed by atoms with E-state index in [1.807, 2.05) is 24.3 Å². The van der Waals surface area contributed by atoms with E-state index in [4.69, 9.17) is 16.0 Å². The van der Waals surface area contributed by atoms with E-state index in [2.05, 4.69) is 15.2 Å². The average molecular weight is 369 g/mol. The van der Waals surface area contributed by atoms with Crippen molar-refractivity contribution in [3.8, 4) is 0 Å². The van der Waals surface area contributed by atoms with Crippen LogP contribution >= 0.6 is 11.6 Å². The maximum atomic E-state index is 12.7. The van der Waals surface area contributed by atoms with Crippen molar-refractivity contribution in [3.05, 3.63) is 76.7 Å². The van der Waals surface area contributed by atoms with Crippen LogP contribution in [0.4, 0.5) is 0 Å². The summed E-state index contributed by atoms with van der Waals surface area (Å²) < 4.78 is 5.94. The summed E-state index contributed by atoms with van der Waals surface area (Å²) in [6.45, 7) is 0.655. The molecule has 0 bridgehead atoms. The Kier molecular flexibility index (Phi) is 4.67. The number of halogens is 1. The molecule has 0 aliphatic carbocycles. The van der Waals surface area contributed by atoms with Crippen LogP contribution in [0.15, 0.2) is 53.2 Å². The minimum absolute atomic E-state index is 0.147. The molecule has 3 heterocycles. The molecular formula is C19H17ClN4O2. The second kappa shape index (κ2) is 7.25. The first-order valence-corrected chi connectivity index (χ1v) is 8.87. The summed E-state index contributed by atoms with van der Waals surface area (Å²) in [5.74, 6) is 1.14. The van der Waals surface area contributed by atoms with Gasteiger partial charge >= 0.3 is 0 Å². The molecule has 0 N–H and O–H groups in total. The van der Waals surface area contributed by atoms with Gasteiger partial charge < -0.3 is 9.32 Å². The lowest BCUT2D eigenvalue weighted by atomic mass is 10.1. The summed E-state index contributed by atoms with van der Waals surface area (Å²) in [5, 5.41) is 8.40. The zero-order valence-corrected chi connectivity index (χ0v) is 14.8. The maximum absolute atomic E-state index is 12.7. The van der Waals surface area contributed by atoms with Crippen LogP contribution in [0.2, 0.25) is 5.02 Å². The minimum atomic E-state index is -0.176. The predicted octanol–water partition coefficient (Wildman–Crippen LogP) is 3.69. The van der Waals surface area contributed by atoms with E-state index < -0.39 is 0 Å². The number of benzene rings is 1. The molecule has 0 spiro atoms. The van der Waals surface area contributed by atoms with Gasteiger partial charge in [-0.05, 0) is 36.6 Å². The number of carbonyl (C=O) groups is 1. The van der Waals surface area contributed by atoms with Crippen LogP contribution < -0.4 is 0 Å². The van der Waals surface area contributed by atoms with Gasteiger partial charge in [0.15, 0.2) is 5.69 Å². The third-order valence-corrected chi connectivity index (χ3v) is 4.85. The highest BCUT2D eigenvalue weighted by Crippen LogP contribution is 2.33. The van der Waals surface area contributed by atoms with Crippen LogP contribution in [-0.4, -0.2) is 32.5 Å². The van der Waals surface area contributed by atoms with Gasteiger partial charge in [0, 0.05) is 24.2 Å². The summed E-state index contributed by atoms with van der Waals surface area (Å²) >= 11 is 6.21. The van der Waals surface area contributed by atoms with Crippen molar-refractivity contribution in [2.45, 2.75) is 25.3 Å². The fourth-order valence-corrected chi connectivity index (χ4v) is 3.42. The average Bonchev–Trinajstić information content (AvgIpc) is 3.33. The quantitative estimate of drug-likeness (QED) is 0.702. The SMILES string of the molecule is O=C(c1cccnn1)N1CCC[C@@H]1c1ncc(Cc2ccccc2Cl)o1. The molecule has 1 saturated heterocycles. The zero-order chi connectivity index (χ0) is 17.9. The standard InChI is InChI=1S/C19H17ClN4O2/c20-15-6-2-1-5-13(15)11-14-12-21-18(26-14)17-8-4-10-24(17)19(25)16-7-3-9-22-23-16/h1-3,5-7,9,12,17H,4,8,10-11H2/t17-/m1/s1. The van der Waals surface area contributed by atoms with Gasteiger partial charge in [0.05, 0.1) is 6.20 Å². The van der Waals surface area contributed by atoms with Crippen LogP contribution in [0.1, 0.15) is 46.6 Å². The molecular weight excluding hydrogens is 352 g/mol. The lowest BCUT2D eigenvalue weighted by Crippen LogP contribution is -2.31. The molecule has 1 aliphatic heterocycles. The molecule has 1 aliphatic rings. The van der Waals surface area contributed by atoms with Crippen molar-refractivity contribution in [3.63, 3.8) is 0 Å². The van der Waals surface area contributed by atoms with Gasteiger partial charge in [-0.25, -0.2) is 4.98 Å². The van der Waals surface area contributed by atoms with E-state index in [0.717, 1.165) is 24.2 Å². The van der Waals surface area contributed by atoms with E-state index in [1.54, 1.807) is 29.4 Å². The monoisotopic (exact) mass is 368 g/mol. The van der Waals surface area contributed by atoms with E-state index in [-0.39, 0.29) is 11.9 Å². The highest BCUT2D eigenvalue weighted by molar-refractivity contribution is 6.31. The summed E-state index contributed by atoms with van der Waals surface area (Å²) in [5.41, 5.74) is 1.32. The molecule has 0 unspecified atom stereocenters. The summed E-state index contributed by atoms with van der Waals surface area (Å²) in [4.78, 5) is 18.9.